The van der Waals surface area contributed by atoms with E-state index >= 15 is 0 Å². The minimum absolute atomic E-state index is 0.0984. The van der Waals surface area contributed by atoms with Crippen molar-refractivity contribution in [3.63, 3.8) is 0 Å². The molecule has 0 saturated carbocycles. The van der Waals surface area contributed by atoms with Crippen molar-refractivity contribution in [2.75, 3.05) is 32.7 Å². The van der Waals surface area contributed by atoms with Crippen molar-refractivity contribution in [3.05, 3.63) is 34.9 Å². The summed E-state index contributed by atoms with van der Waals surface area (Å²) in [6, 6.07) is 4.51. The molecule has 33 heavy (non-hydrogen) atoms. The fourth-order valence-corrected chi connectivity index (χ4v) is 5.35. The average molecular weight is 453 g/mol. The first-order valence-corrected chi connectivity index (χ1v) is 11.5. The van der Waals surface area contributed by atoms with Crippen LogP contribution in [0.3, 0.4) is 0 Å². The predicted molar refractivity (Wildman–Crippen MR) is 116 cm³/mol. The van der Waals surface area contributed by atoms with Gasteiger partial charge in [0.25, 0.3) is 11.8 Å². The van der Waals surface area contributed by atoms with Gasteiger partial charge in [-0.1, -0.05) is 12.1 Å². The third-order valence-corrected chi connectivity index (χ3v) is 7.07. The summed E-state index contributed by atoms with van der Waals surface area (Å²) in [5.41, 5.74) is 1.42. The van der Waals surface area contributed by atoms with E-state index in [1.54, 1.807) is 12.1 Å². The summed E-state index contributed by atoms with van der Waals surface area (Å²) in [4.78, 5) is 67.5. The second-order valence-electron chi connectivity index (χ2n) is 9.06. The zero-order valence-electron chi connectivity index (χ0n) is 18.3. The Kier molecular flexibility index (Phi) is 5.71. The van der Waals surface area contributed by atoms with Gasteiger partial charge in [-0.05, 0) is 30.9 Å². The van der Waals surface area contributed by atoms with Crippen molar-refractivity contribution in [1.82, 2.24) is 25.3 Å². The first-order chi connectivity index (χ1) is 15.9. The Balaban J connectivity index is 1.28. The van der Waals surface area contributed by atoms with E-state index in [4.69, 9.17) is 0 Å². The number of amides is 5. The van der Waals surface area contributed by atoms with Crippen molar-refractivity contribution < 1.29 is 24.0 Å². The minimum Gasteiger partial charge on any atom is -0.337 e. The Bertz CT molecular complexity index is 1030. The van der Waals surface area contributed by atoms with E-state index < -0.39 is 23.8 Å². The molecule has 0 aromatic heterocycles. The molecular weight excluding hydrogens is 426 g/mol. The highest BCUT2D eigenvalue weighted by molar-refractivity contribution is 6.24. The molecule has 5 amide bonds. The van der Waals surface area contributed by atoms with Crippen molar-refractivity contribution in [1.29, 1.82) is 0 Å². The SMILES string of the molecule is O=C1CCC(N2C(=O)c3cccc(CN4CCC(N5CCNCC5=O)CC4)c3C2=O)C(=O)N1. The molecule has 174 valence electrons. The molecular formula is C23H27N5O5. The third-order valence-electron chi connectivity index (χ3n) is 7.07. The number of benzene rings is 1. The number of nitrogens with one attached hydrogen (secondary N) is 2. The zero-order chi connectivity index (χ0) is 23.1. The van der Waals surface area contributed by atoms with Gasteiger partial charge in [-0.3, -0.25) is 39.1 Å². The summed E-state index contributed by atoms with van der Waals surface area (Å²) in [5, 5.41) is 5.33. The van der Waals surface area contributed by atoms with Crippen LogP contribution in [0.15, 0.2) is 18.2 Å². The number of likely N-dealkylation sites (tertiary alicyclic amines) is 1. The lowest BCUT2D eigenvalue weighted by atomic mass is 9.99. The molecule has 4 aliphatic heterocycles. The van der Waals surface area contributed by atoms with Crippen molar-refractivity contribution >= 4 is 29.5 Å². The topological polar surface area (TPSA) is 119 Å². The van der Waals surface area contributed by atoms with Crippen LogP contribution >= 0.6 is 0 Å². The Morgan fingerprint density at radius 1 is 0.939 bits per heavy atom. The Labute approximate surface area is 191 Å². The molecule has 4 aliphatic rings. The Morgan fingerprint density at radius 2 is 1.73 bits per heavy atom. The number of nitrogens with zero attached hydrogens (tertiary/aromatic N) is 3. The number of imide groups is 2. The number of hydrogen-bond acceptors (Lipinski definition) is 7. The minimum atomic E-state index is -0.963. The predicted octanol–water partition coefficient (Wildman–Crippen LogP) is -0.516. The molecule has 5 rings (SSSR count). The largest absolute Gasteiger partial charge is 0.337 e. The van der Waals surface area contributed by atoms with Crippen LogP contribution in [0.2, 0.25) is 0 Å². The molecule has 0 aliphatic carbocycles. The molecule has 3 fully saturated rings. The van der Waals surface area contributed by atoms with Gasteiger partial charge >= 0.3 is 0 Å². The maximum absolute atomic E-state index is 13.3. The molecule has 1 aromatic rings. The number of fused-ring (bicyclic) bond motifs is 1. The Hall–Kier alpha value is -3.11. The average Bonchev–Trinajstić information content (AvgIpc) is 3.06. The number of carbonyl (C=O) groups is 5. The van der Waals surface area contributed by atoms with Gasteiger partial charge in [-0.15, -0.1) is 0 Å². The maximum Gasteiger partial charge on any atom is 0.262 e. The van der Waals surface area contributed by atoms with E-state index in [1.165, 1.54) is 0 Å². The number of carbonyl (C=O) groups excluding carboxylic acids is 5. The summed E-state index contributed by atoms with van der Waals surface area (Å²) >= 11 is 0. The highest BCUT2D eigenvalue weighted by atomic mass is 16.2. The van der Waals surface area contributed by atoms with Gasteiger partial charge in [0.1, 0.15) is 6.04 Å². The lowest BCUT2D eigenvalue weighted by Gasteiger charge is -2.40. The van der Waals surface area contributed by atoms with E-state index in [-0.39, 0.29) is 30.7 Å². The lowest BCUT2D eigenvalue weighted by molar-refractivity contribution is -0.137. The highest BCUT2D eigenvalue weighted by Gasteiger charge is 2.45. The smallest absolute Gasteiger partial charge is 0.262 e. The van der Waals surface area contributed by atoms with E-state index in [0.29, 0.717) is 24.2 Å². The number of piperazine rings is 1. The quantitative estimate of drug-likeness (QED) is 0.589. The standard InChI is InChI=1S/C23H27N5O5/c29-18-5-4-17(21(31)25-18)28-22(32)16-3-1-2-14(20(16)23(28)33)13-26-9-6-15(7-10-26)27-11-8-24-12-19(27)30/h1-3,15,17,24H,4-13H2,(H,25,29,31). The van der Waals surface area contributed by atoms with Gasteiger partial charge < -0.3 is 10.2 Å². The lowest BCUT2D eigenvalue weighted by Crippen LogP contribution is -2.55. The summed E-state index contributed by atoms with van der Waals surface area (Å²) in [6.07, 6.45) is 1.98. The van der Waals surface area contributed by atoms with E-state index in [2.05, 4.69) is 15.5 Å². The van der Waals surface area contributed by atoms with E-state index in [0.717, 1.165) is 49.5 Å². The van der Waals surface area contributed by atoms with Crippen LogP contribution in [0.1, 0.15) is 52.0 Å². The van der Waals surface area contributed by atoms with Gasteiger partial charge in [-0.2, -0.15) is 0 Å². The maximum atomic E-state index is 13.3. The number of hydrogen-bond donors (Lipinski definition) is 2. The third kappa shape index (κ3) is 3.93. The van der Waals surface area contributed by atoms with Gasteiger partial charge in [0.05, 0.1) is 17.7 Å². The zero-order valence-corrected chi connectivity index (χ0v) is 18.3. The second kappa shape index (κ2) is 8.68. The van der Waals surface area contributed by atoms with Crippen LogP contribution in [-0.2, 0) is 20.9 Å². The van der Waals surface area contributed by atoms with Crippen LogP contribution in [-0.4, -0.2) is 89.0 Å². The molecule has 3 saturated heterocycles. The monoisotopic (exact) mass is 453 g/mol. The highest BCUT2D eigenvalue weighted by Crippen LogP contribution is 2.31. The molecule has 1 unspecified atom stereocenters. The molecule has 1 atom stereocenters. The number of piperidine rings is 2. The van der Waals surface area contributed by atoms with E-state index in [1.807, 2.05) is 11.0 Å². The van der Waals surface area contributed by atoms with E-state index in [9.17, 15) is 24.0 Å². The first-order valence-electron chi connectivity index (χ1n) is 11.5. The fraction of sp³-hybridized carbons (Fsp3) is 0.522. The fourth-order valence-electron chi connectivity index (χ4n) is 5.35. The first kappa shape index (κ1) is 21.7. The van der Waals surface area contributed by atoms with Crippen LogP contribution in [0.25, 0.3) is 0 Å². The molecule has 0 bridgehead atoms. The van der Waals surface area contributed by atoms with Crippen LogP contribution < -0.4 is 10.6 Å². The van der Waals surface area contributed by atoms with Crippen LogP contribution in [0.5, 0.6) is 0 Å². The van der Waals surface area contributed by atoms with Gasteiger partial charge in [0.15, 0.2) is 0 Å². The van der Waals surface area contributed by atoms with Crippen molar-refractivity contribution in [2.24, 2.45) is 0 Å². The van der Waals surface area contributed by atoms with Crippen LogP contribution in [0, 0.1) is 0 Å². The normalized spacial score (nSPS) is 25.0. The summed E-state index contributed by atoms with van der Waals surface area (Å²) in [7, 11) is 0. The summed E-state index contributed by atoms with van der Waals surface area (Å²) in [5.74, 6) is -1.80. The molecule has 10 heteroatoms. The van der Waals surface area contributed by atoms with Gasteiger partial charge in [0.2, 0.25) is 17.7 Å². The molecule has 1 aromatic carbocycles. The Morgan fingerprint density at radius 3 is 2.45 bits per heavy atom. The molecule has 10 nitrogen and oxygen atoms in total. The second-order valence-corrected chi connectivity index (χ2v) is 9.06. The van der Waals surface area contributed by atoms with Crippen molar-refractivity contribution in [3.8, 4) is 0 Å². The molecule has 4 heterocycles. The van der Waals surface area contributed by atoms with Gasteiger partial charge in [0, 0.05) is 45.2 Å². The number of rotatable bonds is 4. The molecule has 2 N–H and O–H groups in total. The summed E-state index contributed by atoms with van der Waals surface area (Å²) < 4.78 is 0. The van der Waals surface area contributed by atoms with Gasteiger partial charge in [-0.25, -0.2) is 0 Å². The van der Waals surface area contributed by atoms with Crippen LogP contribution in [0.4, 0.5) is 0 Å². The summed E-state index contributed by atoms with van der Waals surface area (Å²) in [6.45, 7) is 4.07. The molecule has 0 spiro atoms. The van der Waals surface area contributed by atoms with Crippen molar-refractivity contribution in [2.45, 2.75) is 44.3 Å². The molecule has 0 radical (unpaired) electrons.